The van der Waals surface area contributed by atoms with Crippen molar-refractivity contribution in [3.8, 4) is 0 Å². The molecule has 1 aliphatic rings. The summed E-state index contributed by atoms with van der Waals surface area (Å²) in [6.45, 7) is 3.81. The average molecular weight is 626 g/mol. The van der Waals surface area contributed by atoms with Gasteiger partial charge in [-0.2, -0.15) is 0 Å². The van der Waals surface area contributed by atoms with Crippen LogP contribution in [0.1, 0.15) is 90.4 Å². The summed E-state index contributed by atoms with van der Waals surface area (Å²) in [4.78, 5) is 0. The van der Waals surface area contributed by atoms with Crippen LogP contribution in [0.3, 0.4) is 0 Å². The van der Waals surface area contributed by atoms with Gasteiger partial charge in [0.05, 0.1) is 19.4 Å². The van der Waals surface area contributed by atoms with Gasteiger partial charge in [0.15, 0.2) is 5.79 Å². The molecule has 4 heteroatoms. The van der Waals surface area contributed by atoms with E-state index >= 15 is 0 Å². The van der Waals surface area contributed by atoms with Crippen LogP contribution in [0.4, 0.5) is 0 Å². The van der Waals surface area contributed by atoms with E-state index in [1.165, 1.54) is 92.7 Å². The van der Waals surface area contributed by atoms with Crippen molar-refractivity contribution in [3.63, 3.8) is 0 Å². The Morgan fingerprint density at radius 2 is 0.900 bits per heavy atom. The molecule has 1 heterocycles. The van der Waals surface area contributed by atoms with Crippen molar-refractivity contribution >= 4 is 23.2 Å². The molecule has 0 bridgehead atoms. The van der Waals surface area contributed by atoms with E-state index in [0.29, 0.717) is 0 Å². The molecule has 40 heavy (non-hydrogen) atoms. The number of halogens is 1. The van der Waals surface area contributed by atoms with Crippen LogP contribution in [-0.4, -0.2) is 25.2 Å². The quantitative estimate of drug-likeness (QED) is 0.131. The van der Waals surface area contributed by atoms with Crippen molar-refractivity contribution in [1.82, 2.24) is 0 Å². The van der Waals surface area contributed by atoms with Gasteiger partial charge >= 0.3 is 0 Å². The Bertz CT molecular complexity index is 942. The molecule has 3 aromatic rings. The molecule has 3 aromatic carbocycles. The molecule has 0 saturated carbocycles. The monoisotopic (exact) mass is 624 g/mol. The molecule has 2 nitrogen and oxygen atoms in total. The smallest absolute Gasteiger partial charge is 0.168 e. The summed E-state index contributed by atoms with van der Waals surface area (Å²) < 4.78 is 12.2. The average Bonchev–Trinajstić information content (AvgIpc) is 3.47. The fraction of sp³-hybridized carbons (Fsp3) is 0.500. The number of unbranched alkanes of at least 4 members (excludes halogenated alkanes) is 9. The predicted molar refractivity (Wildman–Crippen MR) is 170 cm³/mol. The first-order chi connectivity index (χ1) is 19.3. The lowest BCUT2D eigenvalue weighted by Gasteiger charge is -2.28. The standard InChI is InChI=1S/C36H50O2P.BrH/c1-2-3-4-19-28-36(37-30-31-38-36)29-20-8-6-5-7-9-21-32-39(33-22-13-10-14-23-33,34-24-15-11-16-25-34)35-26-17-12-18-27-35;/h10-18,22-27H,2-9,19-21,28-32H2,1H3;1H/q+1;/p-1. The van der Waals surface area contributed by atoms with Crippen LogP contribution in [0.5, 0.6) is 0 Å². The second-order valence-corrected chi connectivity index (χ2v) is 14.8. The molecular weight excluding hydrogens is 575 g/mol. The largest absolute Gasteiger partial charge is 1.00 e. The van der Waals surface area contributed by atoms with E-state index in [0.717, 1.165) is 26.1 Å². The first-order valence-electron chi connectivity index (χ1n) is 15.6. The molecule has 0 aromatic heterocycles. The van der Waals surface area contributed by atoms with Crippen molar-refractivity contribution in [2.45, 2.75) is 96.2 Å². The summed E-state index contributed by atoms with van der Waals surface area (Å²) in [6.07, 6.45) is 17.6. The van der Waals surface area contributed by atoms with Gasteiger partial charge in [0.1, 0.15) is 23.2 Å². The minimum absolute atomic E-state index is 0. The number of hydrogen-bond donors (Lipinski definition) is 0. The summed E-state index contributed by atoms with van der Waals surface area (Å²) >= 11 is 0. The zero-order valence-corrected chi connectivity index (χ0v) is 27.1. The maximum absolute atomic E-state index is 6.10. The molecule has 0 N–H and O–H groups in total. The van der Waals surface area contributed by atoms with Gasteiger partial charge in [-0.15, -0.1) is 0 Å². The summed E-state index contributed by atoms with van der Waals surface area (Å²) in [6, 6.07) is 33.9. The first-order valence-corrected chi connectivity index (χ1v) is 17.6. The maximum atomic E-state index is 6.10. The molecular formula is C36H50BrO2P. The highest BCUT2D eigenvalue weighted by molar-refractivity contribution is 7.95. The Hall–Kier alpha value is -1.51. The molecule has 0 spiro atoms. The number of ether oxygens (including phenoxy) is 2. The third-order valence-corrected chi connectivity index (χ3v) is 12.9. The molecule has 0 amide bonds. The Kier molecular flexibility index (Phi) is 14.9. The number of rotatable bonds is 18. The highest BCUT2D eigenvalue weighted by atomic mass is 79.9. The summed E-state index contributed by atoms with van der Waals surface area (Å²) in [5, 5.41) is 4.51. The number of benzene rings is 3. The number of hydrogen-bond acceptors (Lipinski definition) is 2. The van der Waals surface area contributed by atoms with Gasteiger partial charge in [-0.3, -0.25) is 0 Å². The van der Waals surface area contributed by atoms with Crippen molar-refractivity contribution < 1.29 is 26.5 Å². The Morgan fingerprint density at radius 3 is 1.32 bits per heavy atom. The van der Waals surface area contributed by atoms with E-state index in [4.69, 9.17) is 9.47 Å². The van der Waals surface area contributed by atoms with Crippen LogP contribution in [0, 0.1) is 0 Å². The van der Waals surface area contributed by atoms with E-state index in [1.54, 1.807) is 0 Å². The lowest BCUT2D eigenvalue weighted by Crippen LogP contribution is -3.00. The zero-order valence-electron chi connectivity index (χ0n) is 24.6. The molecule has 4 rings (SSSR count). The molecule has 0 radical (unpaired) electrons. The highest BCUT2D eigenvalue weighted by Crippen LogP contribution is 2.56. The summed E-state index contributed by atoms with van der Waals surface area (Å²) in [5.74, 6) is -0.271. The Labute approximate surface area is 255 Å². The van der Waals surface area contributed by atoms with Crippen LogP contribution in [-0.2, 0) is 9.47 Å². The van der Waals surface area contributed by atoms with Gasteiger partial charge in [0.25, 0.3) is 0 Å². The minimum atomic E-state index is -1.68. The maximum Gasteiger partial charge on any atom is 0.168 e. The van der Waals surface area contributed by atoms with Crippen molar-refractivity contribution in [3.05, 3.63) is 91.0 Å². The van der Waals surface area contributed by atoms with E-state index in [9.17, 15) is 0 Å². The third kappa shape index (κ3) is 9.25. The van der Waals surface area contributed by atoms with Crippen LogP contribution in [0.25, 0.3) is 0 Å². The van der Waals surface area contributed by atoms with Gasteiger partial charge in [-0.25, -0.2) is 0 Å². The molecule has 1 saturated heterocycles. The molecule has 0 atom stereocenters. The highest BCUT2D eigenvalue weighted by Gasteiger charge is 2.44. The van der Waals surface area contributed by atoms with Crippen LogP contribution in [0.15, 0.2) is 91.0 Å². The molecule has 1 fully saturated rings. The fourth-order valence-corrected chi connectivity index (χ4v) is 10.7. The summed E-state index contributed by atoms with van der Waals surface area (Å²) in [5.41, 5.74) is 0. The van der Waals surface area contributed by atoms with Gasteiger partial charge in [0.2, 0.25) is 0 Å². The van der Waals surface area contributed by atoms with Crippen LogP contribution in [0.2, 0.25) is 0 Å². The van der Waals surface area contributed by atoms with Crippen LogP contribution < -0.4 is 32.9 Å². The topological polar surface area (TPSA) is 18.5 Å². The van der Waals surface area contributed by atoms with Gasteiger partial charge in [0, 0.05) is 12.8 Å². The molecule has 0 aliphatic carbocycles. The first kappa shape index (κ1) is 33.0. The van der Waals surface area contributed by atoms with Gasteiger partial charge in [-0.1, -0.05) is 106 Å². The van der Waals surface area contributed by atoms with E-state index in [2.05, 4.69) is 97.9 Å². The van der Waals surface area contributed by atoms with Gasteiger partial charge < -0.3 is 26.5 Å². The lowest BCUT2D eigenvalue weighted by atomic mass is 9.99. The van der Waals surface area contributed by atoms with Crippen molar-refractivity contribution in [2.24, 2.45) is 0 Å². The second kappa shape index (κ2) is 18.1. The SMILES string of the molecule is CCCCCCC1(CCCCCCCCC[P+](c2ccccc2)(c2ccccc2)c2ccccc2)OCCO1.[Br-]. The van der Waals surface area contributed by atoms with Crippen molar-refractivity contribution in [1.29, 1.82) is 0 Å². The van der Waals surface area contributed by atoms with Gasteiger partial charge in [-0.05, 0) is 62.1 Å². The lowest BCUT2D eigenvalue weighted by molar-refractivity contribution is -0.168. The van der Waals surface area contributed by atoms with Crippen molar-refractivity contribution in [2.75, 3.05) is 19.4 Å². The Balaban J connectivity index is 0.00000441. The van der Waals surface area contributed by atoms with Crippen LogP contribution >= 0.6 is 7.26 Å². The van der Waals surface area contributed by atoms with E-state index < -0.39 is 7.26 Å². The molecule has 218 valence electrons. The summed E-state index contributed by atoms with van der Waals surface area (Å²) in [7, 11) is -1.68. The Morgan fingerprint density at radius 1 is 0.525 bits per heavy atom. The third-order valence-electron chi connectivity index (χ3n) is 8.37. The fourth-order valence-electron chi connectivity index (χ4n) is 6.24. The predicted octanol–water partition coefficient (Wildman–Crippen LogP) is 5.82. The minimum Gasteiger partial charge on any atom is -1.00 e. The second-order valence-electron chi connectivity index (χ2n) is 11.2. The normalized spacial score (nSPS) is 14.6. The van der Waals surface area contributed by atoms with E-state index in [1.807, 2.05) is 0 Å². The van der Waals surface area contributed by atoms with E-state index in [-0.39, 0.29) is 22.8 Å². The molecule has 1 aliphatic heterocycles. The molecule has 0 unspecified atom stereocenters. The zero-order chi connectivity index (χ0) is 27.1.